The van der Waals surface area contributed by atoms with Gasteiger partial charge < -0.3 is 0 Å². The summed E-state index contributed by atoms with van der Waals surface area (Å²) in [5.41, 5.74) is 2.34. The molecule has 0 aliphatic rings. The zero-order valence-electron chi connectivity index (χ0n) is 14.1. The van der Waals surface area contributed by atoms with Gasteiger partial charge in [-0.15, -0.1) is 0 Å². The highest BCUT2D eigenvalue weighted by atomic mass is 16.1. The van der Waals surface area contributed by atoms with Gasteiger partial charge in [-0.25, -0.2) is 4.68 Å². The van der Waals surface area contributed by atoms with E-state index in [1.165, 1.54) is 4.68 Å². The molecule has 2 aromatic rings. The molecule has 5 nitrogen and oxygen atoms in total. The Hall–Kier alpha value is -2.45. The predicted molar refractivity (Wildman–Crippen MR) is 89.8 cm³/mol. The molecule has 0 saturated carbocycles. The minimum atomic E-state index is -0.115. The fourth-order valence-electron chi connectivity index (χ4n) is 2.28. The SMILES string of the molecule is CN(Cc1cccc(C#N)c1)Cn1nc(C(C)(C)C)ccc1=O. The monoisotopic (exact) mass is 310 g/mol. The van der Waals surface area contributed by atoms with Crippen LogP contribution in [0.1, 0.15) is 37.6 Å². The summed E-state index contributed by atoms with van der Waals surface area (Å²) >= 11 is 0. The van der Waals surface area contributed by atoms with Crippen molar-refractivity contribution in [3.63, 3.8) is 0 Å². The first-order valence-electron chi connectivity index (χ1n) is 7.56. The molecule has 1 aromatic carbocycles. The molecule has 0 spiro atoms. The molecule has 0 fully saturated rings. The predicted octanol–water partition coefficient (Wildman–Crippen LogP) is 2.50. The third-order valence-electron chi connectivity index (χ3n) is 3.52. The molecule has 0 amide bonds. The smallest absolute Gasteiger partial charge is 0.267 e. The molecule has 1 heterocycles. The molecule has 0 radical (unpaired) electrons. The van der Waals surface area contributed by atoms with Crippen molar-refractivity contribution in [2.24, 2.45) is 0 Å². The van der Waals surface area contributed by atoms with E-state index in [4.69, 9.17) is 5.26 Å². The van der Waals surface area contributed by atoms with Gasteiger partial charge in [-0.3, -0.25) is 9.69 Å². The zero-order valence-corrected chi connectivity index (χ0v) is 14.1. The van der Waals surface area contributed by atoms with Crippen LogP contribution < -0.4 is 5.56 Å². The van der Waals surface area contributed by atoms with Crippen molar-refractivity contribution < 1.29 is 0 Å². The molecule has 0 aliphatic heterocycles. The minimum absolute atomic E-state index is 0.102. The quantitative estimate of drug-likeness (QED) is 0.870. The summed E-state index contributed by atoms with van der Waals surface area (Å²) in [4.78, 5) is 14.0. The van der Waals surface area contributed by atoms with Crippen molar-refractivity contribution in [3.8, 4) is 6.07 Å². The van der Waals surface area contributed by atoms with Crippen LogP contribution in [0.3, 0.4) is 0 Å². The Bertz CT molecular complexity index is 781. The number of benzene rings is 1. The Morgan fingerprint density at radius 3 is 2.65 bits per heavy atom. The maximum Gasteiger partial charge on any atom is 0.267 e. The second kappa shape index (κ2) is 6.76. The average molecular weight is 310 g/mol. The van der Waals surface area contributed by atoms with Gasteiger partial charge in [0.1, 0.15) is 0 Å². The van der Waals surface area contributed by atoms with E-state index >= 15 is 0 Å². The highest BCUT2D eigenvalue weighted by molar-refractivity contribution is 5.32. The normalized spacial score (nSPS) is 11.5. The molecule has 2 rings (SSSR count). The zero-order chi connectivity index (χ0) is 17.0. The standard InChI is InChI=1S/C18H22N4O/c1-18(2,3)16-8-9-17(23)22(20-16)13-21(4)12-15-7-5-6-14(10-15)11-19/h5-10H,12-13H2,1-4H3. The van der Waals surface area contributed by atoms with Crippen molar-refractivity contribution in [1.29, 1.82) is 5.26 Å². The van der Waals surface area contributed by atoms with E-state index in [9.17, 15) is 4.79 Å². The van der Waals surface area contributed by atoms with Crippen LogP contribution >= 0.6 is 0 Å². The molecule has 0 unspecified atom stereocenters. The van der Waals surface area contributed by atoms with Crippen LogP contribution in [0.4, 0.5) is 0 Å². The van der Waals surface area contributed by atoms with Crippen molar-refractivity contribution >= 4 is 0 Å². The summed E-state index contributed by atoms with van der Waals surface area (Å²) in [6.07, 6.45) is 0. The number of nitriles is 1. The second-order valence-electron chi connectivity index (χ2n) is 6.77. The lowest BCUT2D eigenvalue weighted by atomic mass is 9.92. The summed E-state index contributed by atoms with van der Waals surface area (Å²) in [5, 5.41) is 13.4. The van der Waals surface area contributed by atoms with Crippen molar-refractivity contribution in [2.75, 3.05) is 7.05 Å². The van der Waals surface area contributed by atoms with Crippen LogP contribution in [0.2, 0.25) is 0 Å². The summed E-state index contributed by atoms with van der Waals surface area (Å²) in [6, 6.07) is 13.0. The third kappa shape index (κ3) is 4.51. The Balaban J connectivity index is 2.15. The summed E-state index contributed by atoms with van der Waals surface area (Å²) < 4.78 is 1.48. The van der Waals surface area contributed by atoms with Crippen LogP contribution in [0, 0.1) is 11.3 Å². The van der Waals surface area contributed by atoms with Gasteiger partial charge in [0.25, 0.3) is 5.56 Å². The summed E-state index contributed by atoms with van der Waals surface area (Å²) in [5.74, 6) is 0. The average Bonchev–Trinajstić information content (AvgIpc) is 2.48. The Kier molecular flexibility index (Phi) is 4.97. The number of rotatable bonds is 4. The number of aromatic nitrogens is 2. The van der Waals surface area contributed by atoms with Crippen LogP contribution in [-0.4, -0.2) is 21.7 Å². The van der Waals surface area contributed by atoms with E-state index in [0.29, 0.717) is 18.8 Å². The van der Waals surface area contributed by atoms with Crippen molar-refractivity contribution in [3.05, 3.63) is 63.6 Å². The topological polar surface area (TPSA) is 61.9 Å². The molecule has 5 heteroatoms. The molecule has 23 heavy (non-hydrogen) atoms. The van der Waals surface area contributed by atoms with E-state index in [2.05, 4.69) is 31.9 Å². The fourth-order valence-corrected chi connectivity index (χ4v) is 2.28. The van der Waals surface area contributed by atoms with Gasteiger partial charge in [0.15, 0.2) is 0 Å². The number of hydrogen-bond acceptors (Lipinski definition) is 4. The highest BCUT2D eigenvalue weighted by Crippen LogP contribution is 2.18. The van der Waals surface area contributed by atoms with Crippen LogP contribution in [0.25, 0.3) is 0 Å². The van der Waals surface area contributed by atoms with E-state index in [-0.39, 0.29) is 11.0 Å². The largest absolute Gasteiger partial charge is 0.283 e. The van der Waals surface area contributed by atoms with Crippen molar-refractivity contribution in [1.82, 2.24) is 14.7 Å². The molecular formula is C18H22N4O. The van der Waals surface area contributed by atoms with Crippen LogP contribution in [0.5, 0.6) is 0 Å². The first-order chi connectivity index (χ1) is 10.8. The van der Waals surface area contributed by atoms with Crippen molar-refractivity contribution in [2.45, 2.75) is 39.4 Å². The van der Waals surface area contributed by atoms with Crippen LogP contribution in [0.15, 0.2) is 41.2 Å². The van der Waals surface area contributed by atoms with Gasteiger partial charge in [-0.1, -0.05) is 32.9 Å². The first kappa shape index (κ1) is 16.9. The molecule has 0 atom stereocenters. The first-order valence-corrected chi connectivity index (χ1v) is 7.56. The molecule has 0 saturated heterocycles. The minimum Gasteiger partial charge on any atom is -0.283 e. The number of nitrogens with zero attached hydrogens (tertiary/aromatic N) is 4. The third-order valence-corrected chi connectivity index (χ3v) is 3.52. The van der Waals surface area contributed by atoms with E-state index in [1.54, 1.807) is 18.2 Å². The molecule has 0 aliphatic carbocycles. The molecule has 0 N–H and O–H groups in total. The Morgan fingerprint density at radius 2 is 2.00 bits per heavy atom. The van der Waals surface area contributed by atoms with Crippen LogP contribution in [-0.2, 0) is 18.6 Å². The lowest BCUT2D eigenvalue weighted by Crippen LogP contribution is -2.33. The lowest BCUT2D eigenvalue weighted by Gasteiger charge is -2.21. The van der Waals surface area contributed by atoms with E-state index in [0.717, 1.165) is 11.3 Å². The molecule has 0 bridgehead atoms. The number of hydrogen-bond donors (Lipinski definition) is 0. The summed E-state index contributed by atoms with van der Waals surface area (Å²) in [7, 11) is 1.93. The Morgan fingerprint density at radius 1 is 1.26 bits per heavy atom. The second-order valence-corrected chi connectivity index (χ2v) is 6.77. The lowest BCUT2D eigenvalue weighted by molar-refractivity contribution is 0.237. The Labute approximate surface area is 136 Å². The maximum absolute atomic E-state index is 12.0. The van der Waals surface area contributed by atoms with Gasteiger partial charge in [0.05, 0.1) is 24.0 Å². The van der Waals surface area contributed by atoms with Gasteiger partial charge in [-0.2, -0.15) is 10.4 Å². The molecular weight excluding hydrogens is 288 g/mol. The van der Waals surface area contributed by atoms with Gasteiger partial charge in [0.2, 0.25) is 0 Å². The highest BCUT2D eigenvalue weighted by Gasteiger charge is 2.17. The van der Waals surface area contributed by atoms with Gasteiger partial charge in [0, 0.05) is 18.0 Å². The molecule has 120 valence electrons. The van der Waals surface area contributed by atoms with E-state index in [1.807, 2.05) is 30.1 Å². The van der Waals surface area contributed by atoms with Gasteiger partial charge >= 0.3 is 0 Å². The van der Waals surface area contributed by atoms with Gasteiger partial charge in [-0.05, 0) is 30.8 Å². The fraction of sp³-hybridized carbons (Fsp3) is 0.389. The van der Waals surface area contributed by atoms with E-state index < -0.39 is 0 Å². The maximum atomic E-state index is 12.0. The summed E-state index contributed by atoms with van der Waals surface area (Å²) in [6.45, 7) is 7.26. The molecule has 1 aromatic heterocycles.